The zero-order chi connectivity index (χ0) is 14.1. The molecule has 114 valence electrons. The van der Waals surface area contributed by atoms with Crippen LogP contribution in [0.2, 0.25) is 0 Å². The largest absolute Gasteiger partial charge is 0.339 e. The number of hydrogen-bond donors (Lipinski definition) is 1. The Balaban J connectivity index is 1.68. The highest BCUT2D eigenvalue weighted by molar-refractivity contribution is 5.79. The van der Waals surface area contributed by atoms with Crippen LogP contribution in [0.3, 0.4) is 0 Å². The first-order chi connectivity index (χ1) is 9.65. The van der Waals surface area contributed by atoms with Gasteiger partial charge in [-0.3, -0.25) is 4.79 Å². The Morgan fingerprint density at radius 3 is 2.60 bits per heavy atom. The topological polar surface area (TPSA) is 46.3 Å². The van der Waals surface area contributed by atoms with Gasteiger partial charge in [0.1, 0.15) is 0 Å². The van der Waals surface area contributed by atoms with Crippen molar-refractivity contribution in [1.29, 1.82) is 0 Å². The average molecular weight is 278 g/mol. The van der Waals surface area contributed by atoms with Crippen LogP contribution >= 0.6 is 0 Å². The van der Waals surface area contributed by atoms with Crippen LogP contribution in [0.1, 0.15) is 64.7 Å². The Labute approximate surface area is 123 Å². The fourth-order valence-corrected chi connectivity index (χ4v) is 4.99. The summed E-state index contributed by atoms with van der Waals surface area (Å²) in [6, 6.07) is 0.790. The van der Waals surface area contributed by atoms with E-state index < -0.39 is 0 Å². The first-order valence-corrected chi connectivity index (χ1v) is 8.71. The molecule has 3 aliphatic rings. The zero-order valence-electron chi connectivity index (χ0n) is 12.9. The number of amides is 1. The molecule has 3 nitrogen and oxygen atoms in total. The molecule has 3 rings (SSSR count). The lowest BCUT2D eigenvalue weighted by atomic mass is 9.75. The molecule has 1 aliphatic heterocycles. The summed E-state index contributed by atoms with van der Waals surface area (Å²) >= 11 is 0. The molecule has 2 N–H and O–H groups in total. The third-order valence-corrected chi connectivity index (χ3v) is 5.85. The van der Waals surface area contributed by atoms with Crippen LogP contribution in [0.5, 0.6) is 0 Å². The number of carbonyl (C=O) groups is 1. The number of likely N-dealkylation sites (tertiary alicyclic amines) is 1. The molecule has 2 saturated carbocycles. The Hall–Kier alpha value is -0.570. The summed E-state index contributed by atoms with van der Waals surface area (Å²) in [5.41, 5.74) is 6.14. The lowest BCUT2D eigenvalue weighted by Crippen LogP contribution is -2.52. The molecule has 20 heavy (non-hydrogen) atoms. The molecule has 1 amide bonds. The summed E-state index contributed by atoms with van der Waals surface area (Å²) in [6.07, 6.45) is 10.9. The second-order valence-corrected chi connectivity index (χ2v) is 7.56. The minimum Gasteiger partial charge on any atom is -0.339 e. The summed E-state index contributed by atoms with van der Waals surface area (Å²) in [5.74, 6) is 2.04. The van der Waals surface area contributed by atoms with Crippen molar-refractivity contribution in [2.45, 2.75) is 76.8 Å². The van der Waals surface area contributed by atoms with Gasteiger partial charge in [0.25, 0.3) is 0 Å². The van der Waals surface area contributed by atoms with Gasteiger partial charge in [-0.25, -0.2) is 0 Å². The lowest BCUT2D eigenvalue weighted by Gasteiger charge is -2.46. The zero-order valence-corrected chi connectivity index (χ0v) is 12.9. The van der Waals surface area contributed by atoms with Crippen LogP contribution in [0.15, 0.2) is 0 Å². The number of rotatable bonds is 1. The van der Waals surface area contributed by atoms with Crippen LogP contribution < -0.4 is 5.73 Å². The minimum absolute atomic E-state index is 0.203. The molecule has 0 spiro atoms. The first-order valence-electron chi connectivity index (χ1n) is 8.71. The molecule has 2 aliphatic carbocycles. The van der Waals surface area contributed by atoms with Crippen molar-refractivity contribution in [3.63, 3.8) is 0 Å². The molecular formula is C17H30N2O. The van der Waals surface area contributed by atoms with Gasteiger partial charge in [0, 0.05) is 24.5 Å². The highest BCUT2D eigenvalue weighted by Gasteiger charge is 2.39. The summed E-state index contributed by atoms with van der Waals surface area (Å²) in [7, 11) is 0. The van der Waals surface area contributed by atoms with Crippen molar-refractivity contribution in [3.8, 4) is 0 Å². The fourth-order valence-electron chi connectivity index (χ4n) is 4.99. The smallest absolute Gasteiger partial charge is 0.226 e. The van der Waals surface area contributed by atoms with Crippen LogP contribution in [-0.4, -0.2) is 29.4 Å². The van der Waals surface area contributed by atoms with Gasteiger partial charge in [-0.05, 0) is 56.8 Å². The SMILES string of the molecule is CC1CC(N)CC(C(=O)N2CCCC3CCCCC32)C1. The van der Waals surface area contributed by atoms with E-state index in [0.717, 1.165) is 31.7 Å². The van der Waals surface area contributed by atoms with Gasteiger partial charge < -0.3 is 10.6 Å². The van der Waals surface area contributed by atoms with Gasteiger partial charge in [-0.1, -0.05) is 19.8 Å². The molecule has 3 heteroatoms. The number of nitrogens with zero attached hydrogens (tertiary/aromatic N) is 1. The second kappa shape index (κ2) is 6.05. The van der Waals surface area contributed by atoms with Crippen molar-refractivity contribution in [1.82, 2.24) is 4.90 Å². The molecule has 0 radical (unpaired) electrons. The van der Waals surface area contributed by atoms with Gasteiger partial charge in [0.15, 0.2) is 0 Å². The fraction of sp³-hybridized carbons (Fsp3) is 0.941. The maximum atomic E-state index is 13.0. The second-order valence-electron chi connectivity index (χ2n) is 7.56. The van der Waals surface area contributed by atoms with Crippen molar-refractivity contribution in [2.24, 2.45) is 23.5 Å². The van der Waals surface area contributed by atoms with Crippen molar-refractivity contribution < 1.29 is 4.79 Å². The van der Waals surface area contributed by atoms with E-state index in [1.165, 1.54) is 38.5 Å². The van der Waals surface area contributed by atoms with E-state index in [4.69, 9.17) is 5.73 Å². The molecule has 3 fully saturated rings. The summed E-state index contributed by atoms with van der Waals surface area (Å²) in [4.78, 5) is 15.2. The quantitative estimate of drug-likeness (QED) is 0.801. The first kappa shape index (κ1) is 14.4. The number of piperidine rings is 1. The lowest BCUT2D eigenvalue weighted by molar-refractivity contribution is -0.143. The van der Waals surface area contributed by atoms with Gasteiger partial charge in [-0.15, -0.1) is 0 Å². The van der Waals surface area contributed by atoms with Crippen molar-refractivity contribution in [2.75, 3.05) is 6.54 Å². The molecule has 5 unspecified atom stereocenters. The van der Waals surface area contributed by atoms with Crippen LogP contribution in [0, 0.1) is 17.8 Å². The number of carbonyl (C=O) groups excluding carboxylic acids is 1. The Morgan fingerprint density at radius 2 is 1.80 bits per heavy atom. The molecule has 0 aromatic carbocycles. The molecule has 5 atom stereocenters. The molecule has 0 aromatic heterocycles. The standard InChI is InChI=1S/C17H30N2O/c1-12-9-14(11-15(18)10-12)17(20)19-8-4-6-13-5-2-3-7-16(13)19/h12-16H,2-11,18H2,1H3. The van der Waals surface area contributed by atoms with E-state index in [1.54, 1.807) is 0 Å². The van der Waals surface area contributed by atoms with E-state index in [1.807, 2.05) is 0 Å². The predicted molar refractivity (Wildman–Crippen MR) is 81.2 cm³/mol. The van der Waals surface area contributed by atoms with Gasteiger partial charge in [0.05, 0.1) is 0 Å². The highest BCUT2D eigenvalue weighted by Crippen LogP contribution is 2.38. The van der Waals surface area contributed by atoms with Crippen molar-refractivity contribution >= 4 is 5.91 Å². The number of fused-ring (bicyclic) bond motifs is 1. The van der Waals surface area contributed by atoms with E-state index in [-0.39, 0.29) is 12.0 Å². The van der Waals surface area contributed by atoms with Crippen LogP contribution in [-0.2, 0) is 4.79 Å². The van der Waals surface area contributed by atoms with E-state index in [2.05, 4.69) is 11.8 Å². The summed E-state index contributed by atoms with van der Waals surface area (Å²) in [6.45, 7) is 3.25. The van der Waals surface area contributed by atoms with Crippen LogP contribution in [0.25, 0.3) is 0 Å². The molecule has 1 saturated heterocycles. The average Bonchev–Trinajstić information content (AvgIpc) is 2.45. The van der Waals surface area contributed by atoms with Gasteiger partial charge in [-0.2, -0.15) is 0 Å². The maximum absolute atomic E-state index is 13.0. The Kier molecular flexibility index (Phi) is 4.34. The predicted octanol–water partition coefficient (Wildman–Crippen LogP) is 2.93. The van der Waals surface area contributed by atoms with E-state index in [9.17, 15) is 4.79 Å². The van der Waals surface area contributed by atoms with E-state index in [0.29, 0.717) is 17.9 Å². The monoisotopic (exact) mass is 278 g/mol. The molecule has 1 heterocycles. The molecular weight excluding hydrogens is 248 g/mol. The Bertz CT molecular complexity index is 345. The third kappa shape index (κ3) is 2.88. The highest BCUT2D eigenvalue weighted by atomic mass is 16.2. The normalized spacial score (nSPS) is 42.1. The summed E-state index contributed by atoms with van der Waals surface area (Å²) in [5, 5.41) is 0. The molecule has 0 bridgehead atoms. The maximum Gasteiger partial charge on any atom is 0.226 e. The van der Waals surface area contributed by atoms with Gasteiger partial charge in [0.2, 0.25) is 5.91 Å². The minimum atomic E-state index is 0.203. The summed E-state index contributed by atoms with van der Waals surface area (Å²) < 4.78 is 0. The van der Waals surface area contributed by atoms with Crippen molar-refractivity contribution in [3.05, 3.63) is 0 Å². The Morgan fingerprint density at radius 1 is 1.05 bits per heavy atom. The van der Waals surface area contributed by atoms with Gasteiger partial charge >= 0.3 is 0 Å². The van der Waals surface area contributed by atoms with Crippen LogP contribution in [0.4, 0.5) is 0 Å². The number of nitrogens with two attached hydrogens (primary N) is 1. The third-order valence-electron chi connectivity index (χ3n) is 5.85. The van der Waals surface area contributed by atoms with E-state index >= 15 is 0 Å². The number of hydrogen-bond acceptors (Lipinski definition) is 2. The molecule has 0 aromatic rings.